The summed E-state index contributed by atoms with van der Waals surface area (Å²) >= 11 is 0. The molecular weight excluding hydrogens is 222 g/mol. The van der Waals surface area contributed by atoms with Gasteiger partial charge in [-0.3, -0.25) is 18.3 Å². The fourth-order valence-electron chi connectivity index (χ4n) is 0.849. The van der Waals surface area contributed by atoms with Gasteiger partial charge in [0.05, 0.1) is 18.3 Å². The second kappa shape index (κ2) is 7.34. The van der Waals surface area contributed by atoms with Gasteiger partial charge in [-0.15, -0.1) is 0 Å². The summed E-state index contributed by atoms with van der Waals surface area (Å²) in [6.45, 7) is 10.8. The fourth-order valence-corrected chi connectivity index (χ4v) is 2.55. The molecule has 94 valence electrons. The molecule has 0 aromatic heterocycles. The summed E-state index contributed by atoms with van der Waals surface area (Å²) < 4.78 is 27.5. The Balaban J connectivity index is 0. The Bertz CT molecular complexity index is 173. The molecule has 0 radical (unpaired) electrons. The van der Waals surface area contributed by atoms with Crippen molar-refractivity contribution in [2.24, 2.45) is 0 Å². The lowest BCUT2D eigenvalue weighted by atomic mass is 10.5. The molecule has 0 saturated heterocycles. The molecule has 0 aromatic rings. The Hall–Kier alpha value is 0.0400. The van der Waals surface area contributed by atoms with E-state index in [1.54, 1.807) is 41.5 Å². The predicted octanol–water partition coefficient (Wildman–Crippen LogP) is 3.52. The van der Waals surface area contributed by atoms with Crippen molar-refractivity contribution in [1.82, 2.24) is 0 Å². The number of phosphoric acid groups is 1. The second-order valence-corrected chi connectivity index (χ2v) is 5.44. The molecule has 0 atom stereocenters. The third-order valence-corrected chi connectivity index (χ3v) is 3.06. The Kier molecular flexibility index (Phi) is 8.53. The predicted molar refractivity (Wildman–Crippen MR) is 58.8 cm³/mol. The summed E-state index contributed by atoms with van der Waals surface area (Å²) in [5.41, 5.74) is 0. The van der Waals surface area contributed by atoms with Gasteiger partial charge in [0.2, 0.25) is 0 Å². The van der Waals surface area contributed by atoms with Crippen molar-refractivity contribution < 1.29 is 22.8 Å². The molecule has 0 aromatic carbocycles. The van der Waals surface area contributed by atoms with Crippen LogP contribution in [0.2, 0.25) is 0 Å². The molecule has 0 saturated carbocycles. The maximum atomic E-state index is 12.0. The highest BCUT2D eigenvalue weighted by molar-refractivity contribution is 7.48. The zero-order valence-electron chi connectivity index (χ0n) is 10.2. The topological polar surface area (TPSA) is 44.8 Å². The van der Waals surface area contributed by atoms with Crippen molar-refractivity contribution >= 4 is 7.82 Å². The van der Waals surface area contributed by atoms with Crippen molar-refractivity contribution in [1.29, 1.82) is 0 Å². The van der Waals surface area contributed by atoms with E-state index in [0.29, 0.717) is 0 Å². The van der Waals surface area contributed by atoms with Gasteiger partial charge in [-0.2, -0.15) is 0 Å². The van der Waals surface area contributed by atoms with Gasteiger partial charge < -0.3 is 0 Å². The molecule has 15 heavy (non-hydrogen) atoms. The highest BCUT2D eigenvalue weighted by atomic mass is 31.2. The van der Waals surface area contributed by atoms with Gasteiger partial charge in [0.25, 0.3) is 0 Å². The van der Waals surface area contributed by atoms with E-state index in [1.807, 2.05) is 0 Å². The molecule has 4 nitrogen and oxygen atoms in total. The van der Waals surface area contributed by atoms with Crippen molar-refractivity contribution in [2.75, 3.05) is 0 Å². The minimum absolute atomic E-state index is 0. The van der Waals surface area contributed by atoms with Crippen LogP contribution in [0.15, 0.2) is 0 Å². The SMILES string of the molecule is CC(C)OP(=O)(OC(C)C)OC(C)C.F. The fraction of sp³-hybridized carbons (Fsp3) is 1.00. The van der Waals surface area contributed by atoms with E-state index in [2.05, 4.69) is 0 Å². The van der Waals surface area contributed by atoms with E-state index in [4.69, 9.17) is 13.6 Å². The number of hydrogen-bond donors (Lipinski definition) is 0. The number of rotatable bonds is 6. The third kappa shape index (κ3) is 9.00. The zero-order valence-corrected chi connectivity index (χ0v) is 11.1. The van der Waals surface area contributed by atoms with Crippen LogP contribution in [0.1, 0.15) is 41.5 Å². The molecule has 6 heteroatoms. The first-order valence-electron chi connectivity index (χ1n) is 4.90. The average Bonchev–Trinajstić information content (AvgIpc) is 1.76. The first kappa shape index (κ1) is 17.4. The van der Waals surface area contributed by atoms with E-state index in [0.717, 1.165) is 0 Å². The van der Waals surface area contributed by atoms with Crippen molar-refractivity contribution in [3.63, 3.8) is 0 Å². The van der Waals surface area contributed by atoms with Crippen LogP contribution < -0.4 is 0 Å². The third-order valence-electron chi connectivity index (χ3n) is 1.02. The van der Waals surface area contributed by atoms with Crippen LogP contribution in [0.25, 0.3) is 0 Å². The van der Waals surface area contributed by atoms with Crippen LogP contribution >= 0.6 is 7.82 Å². The van der Waals surface area contributed by atoms with Gasteiger partial charge in [0, 0.05) is 0 Å². The zero-order chi connectivity index (χ0) is 11.4. The molecule has 0 fully saturated rings. The summed E-state index contributed by atoms with van der Waals surface area (Å²) in [5.74, 6) is 0. The Labute approximate surface area is 91.3 Å². The molecule has 0 rings (SSSR count). The van der Waals surface area contributed by atoms with Gasteiger partial charge >= 0.3 is 7.82 Å². The first-order chi connectivity index (χ1) is 6.25. The van der Waals surface area contributed by atoms with Gasteiger partial charge in [-0.1, -0.05) is 0 Å². The highest BCUT2D eigenvalue weighted by Gasteiger charge is 2.30. The molecule has 0 aliphatic carbocycles. The van der Waals surface area contributed by atoms with Crippen molar-refractivity contribution in [3.8, 4) is 0 Å². The molecule has 0 unspecified atom stereocenters. The van der Waals surface area contributed by atoms with E-state index in [1.165, 1.54) is 0 Å². The van der Waals surface area contributed by atoms with Crippen LogP contribution in [0, 0.1) is 0 Å². The quantitative estimate of drug-likeness (QED) is 0.670. The Morgan fingerprint density at radius 1 is 0.733 bits per heavy atom. The first-order valence-corrected chi connectivity index (χ1v) is 6.36. The second-order valence-electron chi connectivity index (χ2n) is 3.91. The molecule has 0 aliphatic heterocycles. The number of phosphoric ester groups is 1. The molecule has 0 spiro atoms. The van der Waals surface area contributed by atoms with Gasteiger partial charge in [-0.25, -0.2) is 4.57 Å². The monoisotopic (exact) mass is 244 g/mol. The number of halogens is 1. The van der Waals surface area contributed by atoms with Crippen LogP contribution in [-0.4, -0.2) is 18.3 Å². The molecule has 0 heterocycles. The van der Waals surface area contributed by atoms with Gasteiger partial charge in [0.1, 0.15) is 0 Å². The lowest BCUT2D eigenvalue weighted by molar-refractivity contribution is 0.0561. The van der Waals surface area contributed by atoms with Crippen LogP contribution in [0.3, 0.4) is 0 Å². The molecule has 0 aliphatic rings. The van der Waals surface area contributed by atoms with Gasteiger partial charge in [0.15, 0.2) is 0 Å². The molecule has 0 amide bonds. The summed E-state index contributed by atoms with van der Waals surface area (Å²) in [5, 5.41) is 0. The van der Waals surface area contributed by atoms with Crippen LogP contribution in [0.5, 0.6) is 0 Å². The maximum absolute atomic E-state index is 12.0. The Morgan fingerprint density at radius 2 is 0.933 bits per heavy atom. The standard InChI is InChI=1S/C9H21O4P.FH/c1-7(2)11-14(10,12-8(3)4)13-9(5)6;/h7-9H,1-6H3;1H. The smallest absolute Gasteiger partial charge is 0.284 e. The number of hydrogen-bond acceptors (Lipinski definition) is 4. The minimum Gasteiger partial charge on any atom is -0.284 e. The summed E-state index contributed by atoms with van der Waals surface area (Å²) in [6, 6.07) is 0. The van der Waals surface area contributed by atoms with E-state index in [-0.39, 0.29) is 23.0 Å². The lowest BCUT2D eigenvalue weighted by Gasteiger charge is -2.23. The average molecular weight is 244 g/mol. The van der Waals surface area contributed by atoms with E-state index >= 15 is 0 Å². The maximum Gasteiger partial charge on any atom is 0.475 e. The highest BCUT2D eigenvalue weighted by Crippen LogP contribution is 2.52. The minimum atomic E-state index is -3.39. The lowest BCUT2D eigenvalue weighted by Crippen LogP contribution is -2.12. The van der Waals surface area contributed by atoms with Crippen molar-refractivity contribution in [2.45, 2.75) is 59.9 Å². The molecular formula is C9H22FO4P. The summed E-state index contributed by atoms with van der Waals surface area (Å²) in [6.07, 6.45) is -0.546. The van der Waals surface area contributed by atoms with Crippen molar-refractivity contribution in [3.05, 3.63) is 0 Å². The molecule has 0 N–H and O–H groups in total. The Morgan fingerprint density at radius 3 is 1.07 bits per heavy atom. The largest absolute Gasteiger partial charge is 0.475 e. The van der Waals surface area contributed by atoms with Gasteiger partial charge in [-0.05, 0) is 41.5 Å². The van der Waals surface area contributed by atoms with E-state index in [9.17, 15) is 4.57 Å². The summed E-state index contributed by atoms with van der Waals surface area (Å²) in [4.78, 5) is 0. The van der Waals surface area contributed by atoms with Crippen LogP contribution in [-0.2, 0) is 18.1 Å². The molecule has 0 bridgehead atoms. The normalized spacial score (nSPS) is 12.3. The summed E-state index contributed by atoms with van der Waals surface area (Å²) in [7, 11) is -3.39. The van der Waals surface area contributed by atoms with Crippen LogP contribution in [0.4, 0.5) is 4.70 Å². The van der Waals surface area contributed by atoms with E-state index < -0.39 is 7.82 Å².